The van der Waals surface area contributed by atoms with Gasteiger partial charge in [0.05, 0.1) is 17.8 Å². The number of phenols is 1. The highest BCUT2D eigenvalue weighted by atomic mass is 35.5. The second-order valence-corrected chi connectivity index (χ2v) is 5.50. The van der Waals surface area contributed by atoms with E-state index >= 15 is 0 Å². The minimum Gasteiger partial charge on any atom is -0.506 e. The average molecular weight is 371 g/mol. The smallest absolute Gasteiger partial charge is 0.271 e. The van der Waals surface area contributed by atoms with Crippen molar-refractivity contribution in [2.45, 2.75) is 6.92 Å². The molecule has 6 nitrogen and oxygen atoms in total. The fourth-order valence-corrected chi connectivity index (χ4v) is 2.36. The molecule has 4 N–H and O–H groups in total. The number of carbonyl (C=O) groups is 1. The summed E-state index contributed by atoms with van der Waals surface area (Å²) in [6.07, 6.45) is 0. The summed E-state index contributed by atoms with van der Waals surface area (Å²) in [6.45, 7) is 1.62. The van der Waals surface area contributed by atoms with E-state index in [4.69, 9.17) is 27.9 Å². The third kappa shape index (κ3) is 4.61. The van der Waals surface area contributed by atoms with Crippen LogP contribution in [0.25, 0.3) is 0 Å². The molecule has 0 spiro atoms. The molecule has 0 aliphatic heterocycles. The molecule has 0 unspecified atom stereocenters. The van der Waals surface area contributed by atoms with Crippen LogP contribution in [-0.2, 0) is 0 Å². The predicted octanol–water partition coefficient (Wildman–Crippen LogP) is 3.04. The molecule has 8 heteroatoms. The van der Waals surface area contributed by atoms with Crippen LogP contribution in [0.2, 0.25) is 10.0 Å². The van der Waals surface area contributed by atoms with Gasteiger partial charge in [-0.2, -0.15) is 5.10 Å². The molecular formula is C16H16Cl2N2O4. The molecule has 0 aliphatic carbocycles. The zero-order valence-electron chi connectivity index (χ0n) is 12.9. The van der Waals surface area contributed by atoms with Crippen molar-refractivity contribution in [2.24, 2.45) is 5.10 Å². The summed E-state index contributed by atoms with van der Waals surface area (Å²) in [6, 6.07) is 9.60. The number of ether oxygens (including phenoxy) is 1. The highest BCUT2D eigenvalue weighted by Crippen LogP contribution is 2.31. The summed E-state index contributed by atoms with van der Waals surface area (Å²) >= 11 is 11.8. The van der Waals surface area contributed by atoms with Crippen molar-refractivity contribution in [3.63, 3.8) is 0 Å². The number of halogens is 2. The largest absolute Gasteiger partial charge is 0.506 e. The molecule has 0 aromatic heterocycles. The van der Waals surface area contributed by atoms with E-state index in [0.29, 0.717) is 27.6 Å². The monoisotopic (exact) mass is 370 g/mol. The summed E-state index contributed by atoms with van der Waals surface area (Å²) in [7, 11) is 1.52. The van der Waals surface area contributed by atoms with Crippen LogP contribution in [0.5, 0.6) is 11.5 Å². The van der Waals surface area contributed by atoms with Crippen molar-refractivity contribution in [3.05, 3.63) is 57.6 Å². The fourth-order valence-electron chi connectivity index (χ4n) is 1.87. The van der Waals surface area contributed by atoms with Gasteiger partial charge in [0.15, 0.2) is 0 Å². The number of carbonyl (C=O) groups excluding carboxylic acids is 1. The first-order valence-electron chi connectivity index (χ1n) is 6.59. The molecular weight excluding hydrogens is 355 g/mol. The van der Waals surface area contributed by atoms with Crippen LogP contribution in [0.1, 0.15) is 22.8 Å². The molecule has 1 amide bonds. The lowest BCUT2D eigenvalue weighted by atomic mass is 10.1. The van der Waals surface area contributed by atoms with Crippen molar-refractivity contribution in [1.29, 1.82) is 0 Å². The zero-order valence-corrected chi connectivity index (χ0v) is 14.4. The van der Waals surface area contributed by atoms with E-state index in [1.54, 1.807) is 31.2 Å². The van der Waals surface area contributed by atoms with Crippen LogP contribution in [0.15, 0.2) is 41.5 Å². The van der Waals surface area contributed by atoms with E-state index in [1.165, 1.54) is 19.2 Å². The minimum atomic E-state index is -0.407. The predicted molar refractivity (Wildman–Crippen MR) is 94.4 cm³/mol. The Kier molecular flexibility index (Phi) is 7.03. The zero-order chi connectivity index (χ0) is 17.0. The number of nitrogens with one attached hydrogen (secondary N) is 1. The van der Waals surface area contributed by atoms with Crippen LogP contribution in [-0.4, -0.2) is 29.3 Å². The Balaban J connectivity index is 0.00000288. The first-order chi connectivity index (χ1) is 10.9. The Morgan fingerprint density at radius 2 is 1.96 bits per heavy atom. The van der Waals surface area contributed by atoms with Crippen molar-refractivity contribution in [2.75, 3.05) is 7.11 Å². The van der Waals surface area contributed by atoms with E-state index in [-0.39, 0.29) is 16.2 Å². The Morgan fingerprint density at radius 1 is 1.25 bits per heavy atom. The highest BCUT2D eigenvalue weighted by molar-refractivity contribution is 6.36. The van der Waals surface area contributed by atoms with Crippen molar-refractivity contribution in [1.82, 2.24) is 5.43 Å². The van der Waals surface area contributed by atoms with E-state index in [2.05, 4.69) is 10.5 Å². The summed E-state index contributed by atoms with van der Waals surface area (Å²) in [5.74, 6) is 0.0152. The van der Waals surface area contributed by atoms with Gasteiger partial charge in [-0.1, -0.05) is 29.3 Å². The number of methoxy groups -OCH3 is 1. The lowest BCUT2D eigenvalue weighted by molar-refractivity contribution is 0.0954. The molecule has 0 fully saturated rings. The number of hydrogen-bond acceptors (Lipinski definition) is 4. The van der Waals surface area contributed by atoms with Crippen LogP contribution in [0, 0.1) is 0 Å². The van der Waals surface area contributed by atoms with Crippen LogP contribution < -0.4 is 10.2 Å². The minimum absolute atomic E-state index is 0. The number of amides is 1. The highest BCUT2D eigenvalue weighted by Gasteiger charge is 2.12. The number of rotatable bonds is 4. The van der Waals surface area contributed by atoms with Crippen LogP contribution in [0.3, 0.4) is 0 Å². The topological polar surface area (TPSA) is 102 Å². The number of nitrogens with zero attached hydrogens (tertiary/aromatic N) is 1. The van der Waals surface area contributed by atoms with Gasteiger partial charge in [-0.05, 0) is 37.3 Å². The van der Waals surface area contributed by atoms with E-state index in [9.17, 15) is 9.90 Å². The lowest BCUT2D eigenvalue weighted by Gasteiger charge is -2.08. The second kappa shape index (κ2) is 8.54. The van der Waals surface area contributed by atoms with E-state index in [1.807, 2.05) is 0 Å². The standard InChI is InChI=1S/C16H14Cl2N2O3.H2O/c1-9(13-7-11(17)8-14(18)15(13)21)19-20-16(22)10-4-3-5-12(6-10)23-2;/h3-8,21H,1-2H3,(H,20,22);1H2. The van der Waals surface area contributed by atoms with Gasteiger partial charge >= 0.3 is 0 Å². The Labute approximate surface area is 149 Å². The van der Waals surface area contributed by atoms with Crippen molar-refractivity contribution < 1.29 is 20.1 Å². The third-order valence-corrected chi connectivity index (χ3v) is 3.58. The maximum absolute atomic E-state index is 12.1. The second-order valence-electron chi connectivity index (χ2n) is 4.65. The third-order valence-electron chi connectivity index (χ3n) is 3.08. The summed E-state index contributed by atoms with van der Waals surface area (Å²) in [5, 5.41) is 14.4. The summed E-state index contributed by atoms with van der Waals surface area (Å²) in [4.78, 5) is 12.1. The molecule has 2 aromatic rings. The molecule has 0 heterocycles. The number of aromatic hydroxyl groups is 1. The van der Waals surface area contributed by atoms with Gasteiger partial charge in [0.1, 0.15) is 11.5 Å². The maximum atomic E-state index is 12.1. The van der Waals surface area contributed by atoms with Gasteiger partial charge in [0.25, 0.3) is 5.91 Å². The molecule has 2 aromatic carbocycles. The molecule has 128 valence electrons. The number of hydrogen-bond donors (Lipinski definition) is 2. The van der Waals surface area contributed by atoms with Gasteiger partial charge in [-0.25, -0.2) is 5.43 Å². The Morgan fingerprint density at radius 3 is 2.62 bits per heavy atom. The molecule has 0 bridgehead atoms. The molecule has 2 rings (SSSR count). The van der Waals surface area contributed by atoms with Gasteiger partial charge in [0.2, 0.25) is 0 Å². The van der Waals surface area contributed by atoms with Crippen molar-refractivity contribution >= 4 is 34.8 Å². The molecule has 0 saturated heterocycles. The summed E-state index contributed by atoms with van der Waals surface area (Å²) in [5.41, 5.74) is 3.51. The first kappa shape index (κ1) is 19.8. The lowest BCUT2D eigenvalue weighted by Crippen LogP contribution is -2.19. The molecule has 0 aliphatic rings. The van der Waals surface area contributed by atoms with Crippen LogP contribution >= 0.6 is 23.2 Å². The normalized spacial score (nSPS) is 10.8. The number of benzene rings is 2. The Bertz CT molecular complexity index is 779. The molecule has 0 radical (unpaired) electrons. The molecule has 0 saturated carbocycles. The van der Waals surface area contributed by atoms with Gasteiger partial charge < -0.3 is 15.3 Å². The Hall–Kier alpha value is -2.28. The molecule has 0 atom stereocenters. The average Bonchev–Trinajstić information content (AvgIpc) is 2.55. The number of phenolic OH excluding ortho intramolecular Hbond substituents is 1. The first-order valence-corrected chi connectivity index (χ1v) is 7.35. The van der Waals surface area contributed by atoms with Crippen molar-refractivity contribution in [3.8, 4) is 11.5 Å². The van der Waals surface area contributed by atoms with Crippen LogP contribution in [0.4, 0.5) is 0 Å². The van der Waals surface area contributed by atoms with Gasteiger partial charge in [0, 0.05) is 16.1 Å². The number of hydrazone groups is 1. The SMILES string of the molecule is COc1cccc(C(=O)NN=C(C)c2cc(Cl)cc(Cl)c2O)c1.O. The maximum Gasteiger partial charge on any atom is 0.271 e. The van der Waals surface area contributed by atoms with Gasteiger partial charge in [-0.15, -0.1) is 0 Å². The van der Waals surface area contributed by atoms with E-state index in [0.717, 1.165) is 0 Å². The quantitative estimate of drug-likeness (QED) is 0.638. The summed E-state index contributed by atoms with van der Waals surface area (Å²) < 4.78 is 5.06. The fraction of sp³-hybridized carbons (Fsp3) is 0.125. The van der Waals surface area contributed by atoms with E-state index < -0.39 is 5.91 Å². The van der Waals surface area contributed by atoms with Gasteiger partial charge in [-0.3, -0.25) is 4.79 Å². The molecule has 24 heavy (non-hydrogen) atoms.